The number of nitrogens with one attached hydrogen (secondary N) is 2. The van der Waals surface area contributed by atoms with Crippen molar-refractivity contribution in [3.63, 3.8) is 0 Å². The first kappa shape index (κ1) is 23.6. The molecule has 0 saturated carbocycles. The quantitative estimate of drug-likeness (QED) is 0.268. The number of nitro benzene ring substituents is 1. The number of anilines is 2. The number of methoxy groups -OCH3 is 2. The van der Waals surface area contributed by atoms with Crippen LogP contribution in [-0.4, -0.2) is 36.7 Å². The van der Waals surface area contributed by atoms with Gasteiger partial charge >= 0.3 is 0 Å². The van der Waals surface area contributed by atoms with Crippen LogP contribution < -0.4 is 20.1 Å². The standard InChI is InChI=1S/C23H21N3O6S/c1-31-18-9-12-21(32-2)20(13-18)25-22(27)14-33-19-10-5-16(6-11-19)24-23(28)15-3-7-17(8-4-15)26(29)30/h3-13H,14H2,1-2H3,(H,24,28)(H,25,27). The molecule has 170 valence electrons. The Morgan fingerprint density at radius 2 is 1.64 bits per heavy atom. The summed E-state index contributed by atoms with van der Waals surface area (Å²) in [5, 5.41) is 16.3. The molecule has 0 bridgehead atoms. The van der Waals surface area contributed by atoms with E-state index < -0.39 is 4.92 Å². The van der Waals surface area contributed by atoms with E-state index in [9.17, 15) is 19.7 Å². The van der Waals surface area contributed by atoms with Crippen LogP contribution in [0.15, 0.2) is 71.6 Å². The topological polar surface area (TPSA) is 120 Å². The van der Waals surface area contributed by atoms with Gasteiger partial charge in [0, 0.05) is 34.3 Å². The van der Waals surface area contributed by atoms with E-state index in [4.69, 9.17) is 9.47 Å². The number of ether oxygens (including phenoxy) is 2. The first-order valence-corrected chi connectivity index (χ1v) is 10.7. The molecule has 0 aliphatic carbocycles. The van der Waals surface area contributed by atoms with Crippen LogP contribution in [0.4, 0.5) is 17.1 Å². The molecule has 33 heavy (non-hydrogen) atoms. The van der Waals surface area contributed by atoms with Crippen LogP contribution in [0, 0.1) is 10.1 Å². The highest BCUT2D eigenvalue weighted by atomic mass is 32.2. The zero-order valence-corrected chi connectivity index (χ0v) is 18.7. The summed E-state index contributed by atoms with van der Waals surface area (Å²) < 4.78 is 10.4. The number of non-ortho nitro benzene ring substituents is 1. The van der Waals surface area contributed by atoms with Gasteiger partial charge in [-0.25, -0.2) is 0 Å². The molecule has 0 fully saturated rings. The third-order valence-corrected chi connectivity index (χ3v) is 5.52. The lowest BCUT2D eigenvalue weighted by molar-refractivity contribution is -0.384. The Labute approximate surface area is 194 Å². The molecule has 3 rings (SSSR count). The molecular weight excluding hydrogens is 446 g/mol. The molecule has 0 atom stereocenters. The second-order valence-corrected chi connectivity index (χ2v) is 7.73. The SMILES string of the molecule is COc1ccc(OC)c(NC(=O)CSc2ccc(NC(=O)c3ccc([N+](=O)[O-])cc3)cc2)c1. The van der Waals surface area contributed by atoms with Crippen LogP contribution in [0.3, 0.4) is 0 Å². The zero-order valence-electron chi connectivity index (χ0n) is 17.9. The van der Waals surface area contributed by atoms with E-state index in [1.807, 2.05) is 0 Å². The van der Waals surface area contributed by atoms with Crippen LogP contribution in [0.1, 0.15) is 10.4 Å². The minimum absolute atomic E-state index is 0.0817. The number of carbonyl (C=O) groups excluding carboxylic acids is 2. The molecule has 0 aliphatic rings. The summed E-state index contributed by atoms with van der Waals surface area (Å²) in [6, 6.07) is 17.5. The summed E-state index contributed by atoms with van der Waals surface area (Å²) in [5.74, 6) is 0.723. The Morgan fingerprint density at radius 3 is 2.24 bits per heavy atom. The van der Waals surface area contributed by atoms with Gasteiger partial charge in [-0.05, 0) is 48.5 Å². The van der Waals surface area contributed by atoms with Crippen LogP contribution >= 0.6 is 11.8 Å². The number of nitrogens with zero attached hydrogens (tertiary/aromatic N) is 1. The number of rotatable bonds is 9. The fraction of sp³-hybridized carbons (Fsp3) is 0.130. The maximum atomic E-state index is 12.4. The molecule has 2 N–H and O–H groups in total. The predicted molar refractivity (Wildman–Crippen MR) is 126 cm³/mol. The van der Waals surface area contributed by atoms with Crippen LogP contribution in [0.5, 0.6) is 11.5 Å². The molecule has 0 saturated heterocycles. The summed E-state index contributed by atoms with van der Waals surface area (Å²) in [7, 11) is 3.06. The van der Waals surface area contributed by atoms with Crippen molar-refractivity contribution >= 4 is 40.6 Å². The maximum Gasteiger partial charge on any atom is 0.269 e. The van der Waals surface area contributed by atoms with Gasteiger partial charge in [0.15, 0.2) is 0 Å². The zero-order chi connectivity index (χ0) is 23.8. The molecule has 3 aromatic rings. The molecule has 2 amide bonds. The van der Waals surface area contributed by atoms with Gasteiger partial charge in [-0.1, -0.05) is 0 Å². The second kappa shape index (κ2) is 11.0. The molecule has 10 heteroatoms. The van der Waals surface area contributed by atoms with Gasteiger partial charge in [-0.3, -0.25) is 19.7 Å². The number of hydrogen-bond acceptors (Lipinski definition) is 7. The van der Waals surface area contributed by atoms with E-state index in [2.05, 4.69) is 10.6 Å². The summed E-state index contributed by atoms with van der Waals surface area (Å²) in [6.45, 7) is 0. The van der Waals surface area contributed by atoms with Crippen molar-refractivity contribution in [3.8, 4) is 11.5 Å². The van der Waals surface area contributed by atoms with Crippen molar-refractivity contribution in [2.75, 3.05) is 30.6 Å². The summed E-state index contributed by atoms with van der Waals surface area (Å²) in [6.07, 6.45) is 0. The summed E-state index contributed by atoms with van der Waals surface area (Å²) in [5.41, 5.74) is 1.31. The van der Waals surface area contributed by atoms with Gasteiger partial charge in [0.25, 0.3) is 11.6 Å². The fourth-order valence-electron chi connectivity index (χ4n) is 2.82. The van der Waals surface area contributed by atoms with Gasteiger partial charge in [0.05, 0.1) is 30.6 Å². The number of hydrogen-bond donors (Lipinski definition) is 2. The number of benzene rings is 3. The maximum absolute atomic E-state index is 12.4. The lowest BCUT2D eigenvalue weighted by Crippen LogP contribution is -2.14. The van der Waals surface area contributed by atoms with Gasteiger partial charge in [-0.15, -0.1) is 11.8 Å². The normalized spacial score (nSPS) is 10.2. The Balaban J connectivity index is 1.54. The Bertz CT molecular complexity index is 1150. The Hall–Kier alpha value is -4.05. The summed E-state index contributed by atoms with van der Waals surface area (Å²) >= 11 is 1.34. The first-order valence-electron chi connectivity index (χ1n) is 9.70. The first-order chi connectivity index (χ1) is 15.9. The van der Waals surface area contributed by atoms with Gasteiger partial charge in [0.1, 0.15) is 11.5 Å². The number of nitro groups is 1. The highest BCUT2D eigenvalue weighted by Gasteiger charge is 2.11. The van der Waals surface area contributed by atoms with E-state index in [1.54, 1.807) is 49.6 Å². The second-order valence-electron chi connectivity index (χ2n) is 6.69. The summed E-state index contributed by atoms with van der Waals surface area (Å²) in [4.78, 5) is 35.7. The van der Waals surface area contributed by atoms with E-state index in [-0.39, 0.29) is 23.3 Å². The molecule has 0 aliphatic heterocycles. The van der Waals surface area contributed by atoms with Crippen LogP contribution in [0.2, 0.25) is 0 Å². The molecule has 0 unspecified atom stereocenters. The molecule has 0 radical (unpaired) electrons. The predicted octanol–water partition coefficient (Wildman–Crippen LogP) is 4.60. The van der Waals surface area contributed by atoms with E-state index in [1.165, 1.54) is 43.1 Å². The number of carbonyl (C=O) groups is 2. The Morgan fingerprint density at radius 1 is 0.939 bits per heavy atom. The minimum atomic E-state index is -0.522. The lowest BCUT2D eigenvalue weighted by atomic mass is 10.2. The van der Waals surface area contributed by atoms with Crippen molar-refractivity contribution in [3.05, 3.63) is 82.4 Å². The number of thioether (sulfide) groups is 1. The van der Waals surface area contributed by atoms with Crippen molar-refractivity contribution < 1.29 is 24.0 Å². The van der Waals surface area contributed by atoms with E-state index >= 15 is 0 Å². The van der Waals surface area contributed by atoms with Crippen molar-refractivity contribution in [2.24, 2.45) is 0 Å². The van der Waals surface area contributed by atoms with Gasteiger partial charge < -0.3 is 20.1 Å². The van der Waals surface area contributed by atoms with Crippen molar-refractivity contribution in [1.29, 1.82) is 0 Å². The third-order valence-electron chi connectivity index (χ3n) is 4.50. The average molecular weight is 468 g/mol. The average Bonchev–Trinajstić information content (AvgIpc) is 2.83. The van der Waals surface area contributed by atoms with E-state index in [0.717, 1.165) is 4.90 Å². The smallest absolute Gasteiger partial charge is 0.269 e. The fourth-order valence-corrected chi connectivity index (χ4v) is 3.52. The monoisotopic (exact) mass is 467 g/mol. The third kappa shape index (κ3) is 6.47. The highest BCUT2D eigenvalue weighted by Crippen LogP contribution is 2.29. The number of amides is 2. The molecule has 0 spiro atoms. The highest BCUT2D eigenvalue weighted by molar-refractivity contribution is 8.00. The van der Waals surface area contributed by atoms with Crippen LogP contribution in [0.25, 0.3) is 0 Å². The van der Waals surface area contributed by atoms with Crippen molar-refractivity contribution in [2.45, 2.75) is 4.90 Å². The van der Waals surface area contributed by atoms with Gasteiger partial charge in [-0.2, -0.15) is 0 Å². The molecule has 3 aromatic carbocycles. The van der Waals surface area contributed by atoms with E-state index in [0.29, 0.717) is 28.4 Å². The van der Waals surface area contributed by atoms with Gasteiger partial charge in [0.2, 0.25) is 5.91 Å². The largest absolute Gasteiger partial charge is 0.497 e. The Kier molecular flexibility index (Phi) is 7.87. The van der Waals surface area contributed by atoms with Crippen LogP contribution in [-0.2, 0) is 4.79 Å². The minimum Gasteiger partial charge on any atom is -0.497 e. The lowest BCUT2D eigenvalue weighted by Gasteiger charge is -2.12. The molecule has 9 nitrogen and oxygen atoms in total. The molecule has 0 aromatic heterocycles. The molecule has 0 heterocycles. The van der Waals surface area contributed by atoms with Crippen molar-refractivity contribution in [1.82, 2.24) is 0 Å². The molecular formula is C23H21N3O6S.